The molecule has 2 nitrogen and oxygen atoms in total. The van der Waals surface area contributed by atoms with Crippen molar-refractivity contribution < 1.29 is 0 Å². The first-order chi connectivity index (χ1) is 9.18. The van der Waals surface area contributed by atoms with E-state index in [2.05, 4.69) is 18.2 Å². The largest absolute Gasteiger partial charge is 0.285 e. The Balaban J connectivity index is 2.17. The van der Waals surface area contributed by atoms with Gasteiger partial charge in [0, 0.05) is 10.8 Å². The highest BCUT2D eigenvalue weighted by Crippen LogP contribution is 2.37. The van der Waals surface area contributed by atoms with Crippen molar-refractivity contribution in [2.45, 2.75) is 19.8 Å². The van der Waals surface area contributed by atoms with Gasteiger partial charge in [-0.1, -0.05) is 30.3 Å². The van der Waals surface area contributed by atoms with Gasteiger partial charge in [-0.05, 0) is 47.6 Å². The SMILES string of the molecule is Cc1cc2c(c3c(=O)c(=O)c13)CCc1ccccc1-2. The maximum atomic E-state index is 11.8. The summed E-state index contributed by atoms with van der Waals surface area (Å²) in [6.45, 7) is 1.92. The van der Waals surface area contributed by atoms with Gasteiger partial charge in [-0.2, -0.15) is 0 Å². The summed E-state index contributed by atoms with van der Waals surface area (Å²) in [6, 6.07) is 10.4. The normalized spacial score (nSPS) is 13.5. The van der Waals surface area contributed by atoms with E-state index in [1.54, 1.807) is 0 Å². The van der Waals surface area contributed by atoms with E-state index >= 15 is 0 Å². The molecule has 0 saturated heterocycles. The van der Waals surface area contributed by atoms with Crippen LogP contribution in [-0.2, 0) is 12.8 Å². The zero-order valence-corrected chi connectivity index (χ0v) is 10.6. The zero-order chi connectivity index (χ0) is 13.1. The zero-order valence-electron chi connectivity index (χ0n) is 10.6. The van der Waals surface area contributed by atoms with Crippen LogP contribution in [0.15, 0.2) is 39.9 Å². The van der Waals surface area contributed by atoms with Crippen molar-refractivity contribution >= 4 is 10.8 Å². The quantitative estimate of drug-likeness (QED) is 0.573. The second-order valence-corrected chi connectivity index (χ2v) is 5.28. The van der Waals surface area contributed by atoms with Crippen LogP contribution >= 0.6 is 0 Å². The number of hydrogen-bond donors (Lipinski definition) is 0. The van der Waals surface area contributed by atoms with Gasteiger partial charge in [0.25, 0.3) is 0 Å². The molecule has 2 heteroatoms. The molecule has 3 aromatic carbocycles. The van der Waals surface area contributed by atoms with Crippen LogP contribution in [0.25, 0.3) is 21.9 Å². The smallest absolute Gasteiger partial charge is 0.234 e. The molecule has 0 fully saturated rings. The molecule has 92 valence electrons. The Kier molecular flexibility index (Phi) is 1.92. The summed E-state index contributed by atoms with van der Waals surface area (Å²) in [5.41, 5.74) is 5.07. The van der Waals surface area contributed by atoms with Gasteiger partial charge in [-0.3, -0.25) is 9.59 Å². The van der Waals surface area contributed by atoms with Gasteiger partial charge in [0.2, 0.25) is 10.9 Å². The molecule has 0 saturated carbocycles. The van der Waals surface area contributed by atoms with Gasteiger partial charge in [0.05, 0.1) is 0 Å². The molecule has 0 amide bonds. The highest BCUT2D eigenvalue weighted by atomic mass is 16.2. The highest BCUT2D eigenvalue weighted by molar-refractivity contribution is 5.98. The standard InChI is InChI=1S/C17H12O2/c1-9-8-13-11-5-3-2-4-10(11)6-7-12(13)15-14(9)16(18)17(15)19/h2-5,8H,6-7H2,1H3. The molecule has 1 aliphatic carbocycles. The van der Waals surface area contributed by atoms with E-state index in [0.29, 0.717) is 10.8 Å². The predicted octanol–water partition coefficient (Wildman–Crippen LogP) is 2.51. The fraction of sp³-hybridized carbons (Fsp3) is 0.176. The number of benzene rings is 2. The van der Waals surface area contributed by atoms with Crippen LogP contribution < -0.4 is 10.9 Å². The maximum absolute atomic E-state index is 11.8. The molecular formula is C17H12O2. The van der Waals surface area contributed by atoms with Gasteiger partial charge in [-0.25, -0.2) is 0 Å². The fourth-order valence-corrected chi connectivity index (χ4v) is 3.33. The van der Waals surface area contributed by atoms with Crippen molar-refractivity contribution in [1.29, 1.82) is 0 Å². The molecule has 0 atom stereocenters. The molecule has 0 aliphatic heterocycles. The predicted molar refractivity (Wildman–Crippen MR) is 76.4 cm³/mol. The van der Waals surface area contributed by atoms with Crippen molar-refractivity contribution in [3.05, 3.63) is 67.5 Å². The van der Waals surface area contributed by atoms with Crippen molar-refractivity contribution in [2.75, 3.05) is 0 Å². The fourth-order valence-electron chi connectivity index (χ4n) is 3.33. The first-order valence-corrected chi connectivity index (χ1v) is 6.52. The molecule has 0 N–H and O–H groups in total. The topological polar surface area (TPSA) is 34.1 Å². The molecular weight excluding hydrogens is 236 g/mol. The number of aryl methyl sites for hydroxylation is 3. The van der Waals surface area contributed by atoms with Gasteiger partial charge in [0.1, 0.15) is 0 Å². The maximum Gasteiger partial charge on any atom is 0.234 e. The minimum absolute atomic E-state index is 0.297. The molecule has 3 aromatic rings. The third-order valence-electron chi connectivity index (χ3n) is 4.24. The van der Waals surface area contributed by atoms with Crippen LogP contribution in [0.1, 0.15) is 16.7 Å². The summed E-state index contributed by atoms with van der Waals surface area (Å²) in [6.07, 6.45) is 1.80. The molecule has 0 aromatic heterocycles. The Morgan fingerprint density at radius 3 is 2.47 bits per heavy atom. The van der Waals surface area contributed by atoms with Crippen LogP contribution in [0, 0.1) is 6.92 Å². The number of rotatable bonds is 0. The summed E-state index contributed by atoms with van der Waals surface area (Å²) < 4.78 is 0. The molecule has 0 heterocycles. The van der Waals surface area contributed by atoms with E-state index in [1.807, 2.05) is 19.1 Å². The number of hydrogen-bond acceptors (Lipinski definition) is 2. The number of fused-ring (bicyclic) bond motifs is 5. The van der Waals surface area contributed by atoms with Crippen LogP contribution in [0.5, 0.6) is 0 Å². The Morgan fingerprint density at radius 2 is 1.63 bits per heavy atom. The molecule has 0 radical (unpaired) electrons. The third kappa shape index (κ3) is 1.21. The summed E-state index contributed by atoms with van der Waals surface area (Å²) in [5.74, 6) is 0. The minimum atomic E-state index is -0.311. The van der Waals surface area contributed by atoms with E-state index in [0.717, 1.165) is 29.5 Å². The van der Waals surface area contributed by atoms with Gasteiger partial charge < -0.3 is 0 Å². The Morgan fingerprint density at radius 1 is 0.895 bits per heavy atom. The lowest BCUT2D eigenvalue weighted by molar-refractivity contribution is 0.948. The molecule has 0 unspecified atom stereocenters. The summed E-state index contributed by atoms with van der Waals surface area (Å²) in [5, 5.41) is 1.35. The lowest BCUT2D eigenvalue weighted by Crippen LogP contribution is -2.33. The Hall–Kier alpha value is -2.22. The molecule has 4 rings (SSSR count). The Bertz CT molecular complexity index is 909. The third-order valence-corrected chi connectivity index (χ3v) is 4.24. The highest BCUT2D eigenvalue weighted by Gasteiger charge is 2.25. The molecule has 0 spiro atoms. The monoisotopic (exact) mass is 248 g/mol. The van der Waals surface area contributed by atoms with E-state index in [9.17, 15) is 9.59 Å². The molecule has 0 bridgehead atoms. The van der Waals surface area contributed by atoms with E-state index in [1.165, 1.54) is 11.1 Å². The lowest BCUT2D eigenvalue weighted by Gasteiger charge is -2.22. The van der Waals surface area contributed by atoms with Gasteiger partial charge in [0.15, 0.2) is 0 Å². The lowest BCUT2D eigenvalue weighted by atomic mass is 9.80. The Labute approximate surface area is 110 Å². The van der Waals surface area contributed by atoms with Crippen molar-refractivity contribution in [3.8, 4) is 11.1 Å². The average molecular weight is 248 g/mol. The second kappa shape index (κ2) is 3.41. The van der Waals surface area contributed by atoms with Crippen molar-refractivity contribution in [3.63, 3.8) is 0 Å². The van der Waals surface area contributed by atoms with Crippen molar-refractivity contribution in [2.24, 2.45) is 0 Å². The van der Waals surface area contributed by atoms with E-state index in [4.69, 9.17) is 0 Å². The minimum Gasteiger partial charge on any atom is -0.285 e. The van der Waals surface area contributed by atoms with Gasteiger partial charge >= 0.3 is 0 Å². The average Bonchev–Trinajstić information content (AvgIpc) is 2.45. The van der Waals surface area contributed by atoms with Crippen LogP contribution in [-0.4, -0.2) is 0 Å². The molecule has 19 heavy (non-hydrogen) atoms. The van der Waals surface area contributed by atoms with Crippen LogP contribution in [0.2, 0.25) is 0 Å². The van der Waals surface area contributed by atoms with Gasteiger partial charge in [-0.15, -0.1) is 0 Å². The summed E-state index contributed by atoms with van der Waals surface area (Å²) in [7, 11) is 0. The van der Waals surface area contributed by atoms with E-state index < -0.39 is 0 Å². The first-order valence-electron chi connectivity index (χ1n) is 6.52. The summed E-state index contributed by atoms with van der Waals surface area (Å²) in [4.78, 5) is 23.5. The van der Waals surface area contributed by atoms with E-state index in [-0.39, 0.29) is 10.9 Å². The first kappa shape index (κ1) is 10.7. The summed E-state index contributed by atoms with van der Waals surface area (Å²) >= 11 is 0. The van der Waals surface area contributed by atoms with Crippen LogP contribution in [0.4, 0.5) is 0 Å². The molecule has 1 aliphatic rings. The second-order valence-electron chi connectivity index (χ2n) is 5.28. The van der Waals surface area contributed by atoms with Crippen molar-refractivity contribution in [1.82, 2.24) is 0 Å². The van der Waals surface area contributed by atoms with Crippen LogP contribution in [0.3, 0.4) is 0 Å².